The largest absolute Gasteiger partial charge is 0.375 e. The van der Waals surface area contributed by atoms with E-state index in [-0.39, 0.29) is 10.8 Å². The van der Waals surface area contributed by atoms with E-state index < -0.39 is 0 Å². The average molecular weight is 204 g/mol. The van der Waals surface area contributed by atoms with Gasteiger partial charge in [-0.15, -0.1) is 9.24 Å². The van der Waals surface area contributed by atoms with Crippen molar-refractivity contribution in [1.29, 1.82) is 0 Å². The van der Waals surface area contributed by atoms with Crippen LogP contribution in [0.5, 0.6) is 0 Å². The highest BCUT2D eigenvalue weighted by molar-refractivity contribution is 7.19. The number of hydrogen-bond donors (Lipinski definition) is 0. The van der Waals surface area contributed by atoms with Gasteiger partial charge >= 0.3 is 0 Å². The highest BCUT2D eigenvalue weighted by Gasteiger charge is 2.27. The van der Waals surface area contributed by atoms with Gasteiger partial charge in [0.05, 0.1) is 12.2 Å². The van der Waals surface area contributed by atoms with Crippen LogP contribution in [0.1, 0.15) is 48.0 Å². The van der Waals surface area contributed by atoms with Gasteiger partial charge in [-0.1, -0.05) is 27.2 Å². The van der Waals surface area contributed by atoms with Gasteiger partial charge in [-0.2, -0.15) is 0 Å². The SMILES string of the molecule is CCC(C)C(C)(P)COC(C)(C)C. The van der Waals surface area contributed by atoms with E-state index in [1.807, 2.05) is 0 Å². The van der Waals surface area contributed by atoms with Crippen molar-refractivity contribution in [2.24, 2.45) is 5.92 Å². The van der Waals surface area contributed by atoms with E-state index in [1.165, 1.54) is 6.42 Å². The summed E-state index contributed by atoms with van der Waals surface area (Å²) in [5, 5.41) is 0.210. The molecular weight excluding hydrogens is 179 g/mol. The molecule has 80 valence electrons. The zero-order valence-electron chi connectivity index (χ0n) is 9.98. The molecule has 0 heterocycles. The van der Waals surface area contributed by atoms with E-state index in [1.54, 1.807) is 0 Å². The first-order chi connectivity index (χ1) is 5.69. The summed E-state index contributed by atoms with van der Waals surface area (Å²) in [6.07, 6.45) is 1.20. The Morgan fingerprint density at radius 2 is 1.69 bits per heavy atom. The van der Waals surface area contributed by atoms with E-state index in [0.717, 1.165) is 6.61 Å². The molecule has 13 heavy (non-hydrogen) atoms. The molecule has 0 aromatic carbocycles. The third-order valence-electron chi connectivity index (χ3n) is 2.55. The fraction of sp³-hybridized carbons (Fsp3) is 1.00. The maximum atomic E-state index is 5.80. The van der Waals surface area contributed by atoms with Crippen molar-refractivity contribution in [2.45, 2.75) is 58.7 Å². The molecule has 0 saturated heterocycles. The molecule has 0 bridgehead atoms. The lowest BCUT2D eigenvalue weighted by Crippen LogP contribution is -2.35. The quantitative estimate of drug-likeness (QED) is 0.637. The van der Waals surface area contributed by atoms with Gasteiger partial charge in [-0.3, -0.25) is 0 Å². The molecule has 0 aromatic rings. The molecule has 0 rings (SSSR count). The van der Waals surface area contributed by atoms with Crippen molar-refractivity contribution < 1.29 is 4.74 Å². The monoisotopic (exact) mass is 204 g/mol. The van der Waals surface area contributed by atoms with Crippen molar-refractivity contribution in [3.8, 4) is 0 Å². The van der Waals surface area contributed by atoms with Crippen LogP contribution >= 0.6 is 9.24 Å². The number of ether oxygens (including phenoxy) is 1. The molecule has 0 aliphatic rings. The summed E-state index contributed by atoms with van der Waals surface area (Å²) in [6, 6.07) is 0. The van der Waals surface area contributed by atoms with Crippen molar-refractivity contribution >= 4 is 9.24 Å². The Kier molecular flexibility index (Phi) is 4.90. The first kappa shape index (κ1) is 13.4. The highest BCUT2D eigenvalue weighted by Crippen LogP contribution is 2.31. The minimum absolute atomic E-state index is 0.0225. The van der Waals surface area contributed by atoms with Crippen LogP contribution in [0.2, 0.25) is 0 Å². The van der Waals surface area contributed by atoms with Crippen LogP contribution in [0.15, 0.2) is 0 Å². The Bertz CT molecular complexity index is 147. The van der Waals surface area contributed by atoms with E-state index in [2.05, 4.69) is 50.8 Å². The minimum Gasteiger partial charge on any atom is -0.375 e. The van der Waals surface area contributed by atoms with Crippen LogP contribution in [-0.2, 0) is 4.74 Å². The van der Waals surface area contributed by atoms with Gasteiger partial charge in [0.2, 0.25) is 0 Å². The van der Waals surface area contributed by atoms with Gasteiger partial charge in [0.1, 0.15) is 0 Å². The van der Waals surface area contributed by atoms with Gasteiger partial charge in [0.25, 0.3) is 0 Å². The first-order valence-corrected chi connectivity index (χ1v) is 5.69. The fourth-order valence-corrected chi connectivity index (χ4v) is 1.30. The van der Waals surface area contributed by atoms with Gasteiger partial charge in [0, 0.05) is 5.16 Å². The molecule has 2 heteroatoms. The van der Waals surface area contributed by atoms with Gasteiger partial charge in [-0.05, 0) is 26.7 Å². The summed E-state index contributed by atoms with van der Waals surface area (Å²) < 4.78 is 5.80. The first-order valence-electron chi connectivity index (χ1n) is 5.12. The van der Waals surface area contributed by atoms with E-state index >= 15 is 0 Å². The smallest absolute Gasteiger partial charge is 0.0598 e. The van der Waals surface area contributed by atoms with Crippen molar-refractivity contribution in [3.05, 3.63) is 0 Å². The lowest BCUT2D eigenvalue weighted by atomic mass is 9.93. The molecule has 0 aromatic heterocycles. The summed E-state index contributed by atoms with van der Waals surface area (Å²) >= 11 is 0. The van der Waals surface area contributed by atoms with E-state index in [9.17, 15) is 0 Å². The van der Waals surface area contributed by atoms with Crippen molar-refractivity contribution in [3.63, 3.8) is 0 Å². The third-order valence-corrected chi connectivity index (χ3v) is 3.29. The third kappa shape index (κ3) is 5.65. The summed E-state index contributed by atoms with van der Waals surface area (Å²) in [7, 11) is 2.93. The molecule has 3 unspecified atom stereocenters. The van der Waals surface area contributed by atoms with Crippen molar-refractivity contribution in [2.75, 3.05) is 6.61 Å². The van der Waals surface area contributed by atoms with Crippen molar-refractivity contribution in [1.82, 2.24) is 0 Å². The average Bonchev–Trinajstić information content (AvgIpc) is 1.98. The fourth-order valence-electron chi connectivity index (χ4n) is 0.981. The van der Waals surface area contributed by atoms with Crippen LogP contribution in [0.25, 0.3) is 0 Å². The second kappa shape index (κ2) is 4.75. The van der Waals surface area contributed by atoms with Gasteiger partial charge < -0.3 is 4.74 Å². The second-order valence-electron chi connectivity index (χ2n) is 5.22. The topological polar surface area (TPSA) is 9.23 Å². The normalized spacial score (nSPS) is 19.6. The molecule has 0 aliphatic carbocycles. The van der Waals surface area contributed by atoms with Gasteiger partial charge in [0.15, 0.2) is 0 Å². The summed E-state index contributed by atoms with van der Waals surface area (Å²) in [4.78, 5) is 0. The lowest BCUT2D eigenvalue weighted by Gasteiger charge is -2.34. The van der Waals surface area contributed by atoms with Crippen LogP contribution in [0.4, 0.5) is 0 Å². The molecular formula is C11H25OP. The molecule has 0 spiro atoms. The molecule has 1 nitrogen and oxygen atoms in total. The molecule has 0 N–H and O–H groups in total. The zero-order valence-corrected chi connectivity index (χ0v) is 11.1. The minimum atomic E-state index is -0.0225. The number of hydrogen-bond acceptors (Lipinski definition) is 1. The highest BCUT2D eigenvalue weighted by atomic mass is 31.0. The Labute approximate surface area is 85.8 Å². The molecule has 0 radical (unpaired) electrons. The summed E-state index contributed by atoms with van der Waals surface area (Å²) in [6.45, 7) is 13.9. The zero-order chi connectivity index (χ0) is 10.7. The predicted molar refractivity (Wildman–Crippen MR) is 63.3 cm³/mol. The molecule has 0 aliphatic heterocycles. The van der Waals surface area contributed by atoms with Gasteiger partial charge in [-0.25, -0.2) is 0 Å². The number of rotatable bonds is 4. The summed E-state index contributed by atoms with van der Waals surface area (Å²) in [5.74, 6) is 0.680. The van der Waals surface area contributed by atoms with E-state index in [0.29, 0.717) is 5.92 Å². The lowest BCUT2D eigenvalue weighted by molar-refractivity contribution is -0.0201. The maximum Gasteiger partial charge on any atom is 0.0598 e. The summed E-state index contributed by atoms with van der Waals surface area (Å²) in [5.41, 5.74) is -0.0225. The van der Waals surface area contributed by atoms with Crippen LogP contribution in [-0.4, -0.2) is 17.4 Å². The molecule has 3 atom stereocenters. The maximum absolute atomic E-state index is 5.80. The van der Waals surface area contributed by atoms with Crippen LogP contribution in [0.3, 0.4) is 0 Å². The van der Waals surface area contributed by atoms with Crippen LogP contribution in [0, 0.1) is 5.92 Å². The molecule has 0 fully saturated rings. The van der Waals surface area contributed by atoms with Crippen LogP contribution < -0.4 is 0 Å². The predicted octanol–water partition coefficient (Wildman–Crippen LogP) is 3.48. The molecule has 0 saturated carbocycles. The Balaban J connectivity index is 4.03. The Morgan fingerprint density at radius 1 is 1.23 bits per heavy atom. The molecule has 0 amide bonds. The Hall–Kier alpha value is 0.390. The van der Waals surface area contributed by atoms with E-state index in [4.69, 9.17) is 4.74 Å². The second-order valence-corrected chi connectivity index (χ2v) is 6.54. The Morgan fingerprint density at radius 3 is 2.00 bits per heavy atom. The standard InChI is InChI=1S/C11H25OP/c1-7-9(2)11(6,13)8-12-10(3,4)5/h9H,7-8,13H2,1-6H3.